The van der Waals surface area contributed by atoms with Crippen LogP contribution in [-0.4, -0.2) is 21.1 Å². The van der Waals surface area contributed by atoms with Crippen LogP contribution >= 0.6 is 22.6 Å². The van der Waals surface area contributed by atoms with Crippen molar-refractivity contribution in [2.24, 2.45) is 0 Å². The van der Waals surface area contributed by atoms with Crippen LogP contribution in [0.2, 0.25) is 0 Å². The number of benzene rings is 4. The normalized spacial score (nSPS) is 13.1. The first-order valence-corrected chi connectivity index (χ1v) is 12.8. The summed E-state index contributed by atoms with van der Waals surface area (Å²) in [6.07, 6.45) is 1.66. The number of allylic oxidation sites excluding steroid dienone is 1. The summed E-state index contributed by atoms with van der Waals surface area (Å²) in [6, 6.07) is 30.9. The molecule has 176 valence electrons. The molecule has 37 heavy (non-hydrogen) atoms. The molecule has 0 amide bonds. The summed E-state index contributed by atoms with van der Waals surface area (Å²) < 4.78 is 9.18. The molecule has 0 N–H and O–H groups in total. The Hall–Kier alpha value is -4.30. The number of aromatic nitrogens is 2. The maximum absolute atomic E-state index is 13.4. The molecule has 0 radical (unpaired) electrons. The highest BCUT2D eigenvalue weighted by Gasteiger charge is 2.34. The van der Waals surface area contributed by atoms with Gasteiger partial charge in [-0.15, -0.1) is 0 Å². The minimum atomic E-state index is -0.268. The van der Waals surface area contributed by atoms with Gasteiger partial charge in [0, 0.05) is 32.0 Å². The lowest BCUT2D eigenvalue weighted by atomic mass is 10.0. The number of carbonyl (C=O) groups excluding carboxylic acids is 2. The summed E-state index contributed by atoms with van der Waals surface area (Å²) in [5.41, 5.74) is 4.59. The molecule has 0 saturated carbocycles. The quantitative estimate of drug-likeness (QED) is 0.121. The molecule has 0 spiro atoms. The molecule has 0 unspecified atom stereocenters. The highest BCUT2D eigenvalue weighted by molar-refractivity contribution is 14.1. The number of hydrogen-bond acceptors (Lipinski definition) is 4. The fourth-order valence-corrected chi connectivity index (χ4v) is 5.22. The van der Waals surface area contributed by atoms with Crippen LogP contribution < -0.4 is 0 Å². The van der Waals surface area contributed by atoms with Gasteiger partial charge in [-0.3, -0.25) is 14.2 Å². The molecule has 6 heteroatoms. The topological polar surface area (TPSA) is 65.1 Å². The van der Waals surface area contributed by atoms with E-state index in [1.54, 1.807) is 6.08 Å². The minimum Gasteiger partial charge on any atom is -0.434 e. The first kappa shape index (κ1) is 21.9. The number of halogens is 1. The van der Waals surface area contributed by atoms with Gasteiger partial charge >= 0.3 is 0 Å². The number of hydrogen-bond donors (Lipinski definition) is 0. The SMILES string of the molecule is O=C1C(=Cc2cc3oc(-c4ccc(I)cc4)nc3n2-c2ccccc2)C(=O)c2cc3ccccc3cc21. The molecule has 6 aromatic rings. The maximum Gasteiger partial charge on any atom is 0.228 e. The van der Waals surface area contributed by atoms with Crippen LogP contribution in [0.25, 0.3) is 45.2 Å². The minimum absolute atomic E-state index is 0.139. The number of rotatable bonds is 3. The Kier molecular flexibility index (Phi) is 4.97. The lowest BCUT2D eigenvalue weighted by molar-refractivity contribution is 0.0990. The van der Waals surface area contributed by atoms with Gasteiger partial charge in [-0.1, -0.05) is 42.5 Å². The zero-order valence-electron chi connectivity index (χ0n) is 19.3. The average Bonchev–Trinajstić information content (AvgIpc) is 3.55. The number of carbonyl (C=O) groups is 2. The zero-order valence-corrected chi connectivity index (χ0v) is 21.5. The standard InChI is InChI=1S/C31H17IN2O3/c32-21-12-10-18(11-13-21)31-33-30-27(37-31)17-23(34(30)22-8-2-1-3-9-22)16-26-28(35)24-14-19-6-4-5-7-20(19)15-25(24)29(26)36/h1-17H. The summed E-state index contributed by atoms with van der Waals surface area (Å²) in [5.74, 6) is -0.0242. The van der Waals surface area contributed by atoms with Crippen LogP contribution in [0.5, 0.6) is 0 Å². The maximum atomic E-state index is 13.4. The van der Waals surface area contributed by atoms with Crippen molar-refractivity contribution in [2.45, 2.75) is 0 Å². The van der Waals surface area contributed by atoms with E-state index in [0.29, 0.717) is 33.9 Å². The molecule has 0 bridgehead atoms. The molecule has 1 aliphatic rings. The van der Waals surface area contributed by atoms with Crippen LogP contribution in [0.15, 0.2) is 107 Å². The molecule has 4 aromatic carbocycles. The highest BCUT2D eigenvalue weighted by atomic mass is 127. The number of para-hydroxylation sites is 1. The van der Waals surface area contributed by atoms with Gasteiger partial charge < -0.3 is 4.42 Å². The van der Waals surface area contributed by atoms with Gasteiger partial charge in [0.05, 0.1) is 11.3 Å². The molecule has 2 heterocycles. The van der Waals surface area contributed by atoms with Crippen molar-refractivity contribution < 1.29 is 14.0 Å². The van der Waals surface area contributed by atoms with Crippen molar-refractivity contribution in [3.8, 4) is 17.1 Å². The molecule has 1 aliphatic carbocycles. The van der Waals surface area contributed by atoms with E-state index >= 15 is 0 Å². The number of ketones is 2. The van der Waals surface area contributed by atoms with Gasteiger partial charge in [-0.05, 0) is 88.0 Å². The van der Waals surface area contributed by atoms with Crippen molar-refractivity contribution in [1.82, 2.24) is 9.55 Å². The van der Waals surface area contributed by atoms with E-state index in [2.05, 4.69) is 22.6 Å². The third-order valence-electron chi connectivity index (χ3n) is 6.65. The van der Waals surface area contributed by atoms with Gasteiger partial charge in [-0.25, -0.2) is 0 Å². The molecule has 0 aliphatic heterocycles. The first-order valence-electron chi connectivity index (χ1n) is 11.7. The van der Waals surface area contributed by atoms with Crippen molar-refractivity contribution in [2.75, 3.05) is 0 Å². The predicted molar refractivity (Wildman–Crippen MR) is 152 cm³/mol. The molecule has 0 atom stereocenters. The van der Waals surface area contributed by atoms with Crippen LogP contribution in [0.4, 0.5) is 0 Å². The highest BCUT2D eigenvalue weighted by Crippen LogP contribution is 2.34. The largest absolute Gasteiger partial charge is 0.434 e. The van der Waals surface area contributed by atoms with E-state index in [4.69, 9.17) is 9.40 Å². The second kappa shape index (κ2) is 8.38. The Labute approximate surface area is 225 Å². The van der Waals surface area contributed by atoms with E-state index in [0.717, 1.165) is 25.6 Å². The lowest BCUT2D eigenvalue weighted by Gasteiger charge is -2.07. The fourth-order valence-electron chi connectivity index (χ4n) is 4.86. The van der Waals surface area contributed by atoms with Crippen LogP contribution in [0.3, 0.4) is 0 Å². The number of oxazole rings is 1. The summed E-state index contributed by atoms with van der Waals surface area (Å²) in [7, 11) is 0. The molecule has 0 saturated heterocycles. The lowest BCUT2D eigenvalue weighted by Crippen LogP contribution is -2.03. The third-order valence-corrected chi connectivity index (χ3v) is 7.36. The Balaban J connectivity index is 1.39. The van der Waals surface area contributed by atoms with Crippen LogP contribution in [0.1, 0.15) is 26.4 Å². The molecular weight excluding hydrogens is 575 g/mol. The molecule has 5 nitrogen and oxygen atoms in total. The van der Waals surface area contributed by atoms with E-state index in [9.17, 15) is 9.59 Å². The molecule has 7 rings (SSSR count). The van der Waals surface area contributed by atoms with E-state index in [1.807, 2.05) is 102 Å². The summed E-state index contributed by atoms with van der Waals surface area (Å²) in [4.78, 5) is 31.6. The average molecular weight is 592 g/mol. The van der Waals surface area contributed by atoms with Crippen molar-refractivity contribution in [3.63, 3.8) is 0 Å². The van der Waals surface area contributed by atoms with E-state index in [-0.39, 0.29) is 17.1 Å². The second-order valence-electron chi connectivity index (χ2n) is 8.92. The van der Waals surface area contributed by atoms with E-state index < -0.39 is 0 Å². The summed E-state index contributed by atoms with van der Waals surface area (Å²) in [5, 5.41) is 1.86. The monoisotopic (exact) mass is 592 g/mol. The van der Waals surface area contributed by atoms with Gasteiger partial charge in [0.1, 0.15) is 0 Å². The fraction of sp³-hybridized carbons (Fsp3) is 0. The predicted octanol–water partition coefficient (Wildman–Crippen LogP) is 7.51. The van der Waals surface area contributed by atoms with Crippen molar-refractivity contribution >= 4 is 62.2 Å². The Bertz CT molecular complexity index is 1860. The summed E-state index contributed by atoms with van der Waals surface area (Å²) in [6.45, 7) is 0. The van der Waals surface area contributed by atoms with E-state index in [1.165, 1.54) is 0 Å². The van der Waals surface area contributed by atoms with Crippen molar-refractivity contribution in [3.05, 3.63) is 123 Å². The third kappa shape index (κ3) is 3.55. The Morgan fingerprint density at radius 2 is 1.38 bits per heavy atom. The number of fused-ring (bicyclic) bond motifs is 3. The second-order valence-corrected chi connectivity index (χ2v) is 10.2. The van der Waals surface area contributed by atoms with Crippen molar-refractivity contribution in [1.29, 1.82) is 0 Å². The number of nitrogens with zero attached hydrogens (tertiary/aromatic N) is 2. The molecular formula is C31H17IN2O3. The number of Topliss-reactive ketones (excluding diaryl/α,β-unsaturated/α-hetero) is 2. The Morgan fingerprint density at radius 3 is 2.03 bits per heavy atom. The summed E-state index contributed by atoms with van der Waals surface area (Å²) >= 11 is 2.26. The van der Waals surface area contributed by atoms with Crippen LogP contribution in [0, 0.1) is 3.57 Å². The molecule has 0 fully saturated rings. The van der Waals surface area contributed by atoms with Gasteiger partial charge in [-0.2, -0.15) is 4.98 Å². The van der Waals surface area contributed by atoms with Gasteiger partial charge in [0.25, 0.3) is 0 Å². The van der Waals surface area contributed by atoms with Gasteiger partial charge in [0.15, 0.2) is 22.8 Å². The van der Waals surface area contributed by atoms with Gasteiger partial charge in [0.2, 0.25) is 5.89 Å². The molecule has 2 aromatic heterocycles. The zero-order chi connectivity index (χ0) is 25.1. The Morgan fingerprint density at radius 1 is 0.757 bits per heavy atom. The smallest absolute Gasteiger partial charge is 0.228 e. The van der Waals surface area contributed by atoms with Crippen LogP contribution in [-0.2, 0) is 0 Å². The first-order chi connectivity index (χ1) is 18.1.